The van der Waals surface area contributed by atoms with Gasteiger partial charge in [-0.15, -0.1) is 24.3 Å². The third-order valence-electron chi connectivity index (χ3n) is 7.02. The smallest absolute Gasteiger partial charge is 0.508 e. The fraction of sp³-hybridized carbons (Fsp3) is 0.312. The number of benzene rings is 2. The Balaban J connectivity index is 0.000000190. The monoisotopic (exact) mass is 634 g/mol. The molecule has 9 heteroatoms. The largest absolute Gasteiger partial charge is 2.00 e. The summed E-state index contributed by atoms with van der Waals surface area (Å²) < 4.78 is 0. The van der Waals surface area contributed by atoms with Gasteiger partial charge in [0.15, 0.2) is 0 Å². The summed E-state index contributed by atoms with van der Waals surface area (Å²) in [5, 5.41) is 37.5. The first-order valence-corrected chi connectivity index (χ1v) is 13.4. The average Bonchev–Trinajstić information content (AvgIpc) is 3.50. The molecule has 6 rings (SSSR count). The summed E-state index contributed by atoms with van der Waals surface area (Å²) in [5.41, 5.74) is 3.13. The van der Waals surface area contributed by atoms with E-state index in [0.717, 1.165) is 23.7 Å². The fourth-order valence-corrected chi connectivity index (χ4v) is 5.08. The van der Waals surface area contributed by atoms with Crippen LogP contribution in [0.3, 0.4) is 0 Å². The maximum atomic E-state index is 10.0. The van der Waals surface area contributed by atoms with Crippen molar-refractivity contribution in [1.82, 2.24) is 0 Å². The number of aromatic hydroxyl groups is 2. The van der Waals surface area contributed by atoms with Crippen LogP contribution in [0, 0.1) is 56.7 Å². The molecule has 41 heavy (non-hydrogen) atoms. The van der Waals surface area contributed by atoms with E-state index in [9.17, 15) is 20.2 Å². The van der Waals surface area contributed by atoms with Gasteiger partial charge in [0.05, 0.1) is 9.85 Å². The molecule has 4 atom stereocenters. The van der Waals surface area contributed by atoms with Crippen molar-refractivity contribution < 1.29 is 46.3 Å². The molecule has 0 bridgehead atoms. The van der Waals surface area contributed by atoms with Crippen molar-refractivity contribution in [1.29, 1.82) is 0 Å². The van der Waals surface area contributed by atoms with Crippen LogP contribution >= 0.6 is 0 Å². The minimum Gasteiger partial charge on any atom is -0.508 e. The van der Waals surface area contributed by atoms with Gasteiger partial charge in [0.25, 0.3) is 11.4 Å². The number of phenolic OH excluding ortho intramolecular Hbond substituents is 2. The SMILES string of the molecule is CC1[CH-]C2=CC=CCC2C1.CC1[CH-]C2=CC=CCC2C1.O=[N+]([O-])c1ccc(O)cc1.O=[N+]([O-])c1ccc(O)cc1.[Zr+2]. The van der Waals surface area contributed by atoms with Gasteiger partial charge in [-0.3, -0.25) is 20.2 Å². The van der Waals surface area contributed by atoms with Crippen LogP contribution in [0.15, 0.2) is 96.1 Å². The van der Waals surface area contributed by atoms with Gasteiger partial charge in [-0.25, -0.2) is 36.1 Å². The zero-order chi connectivity index (χ0) is 29.1. The van der Waals surface area contributed by atoms with Gasteiger partial charge in [0, 0.05) is 24.3 Å². The number of nitrogens with zero attached hydrogens (tertiary/aromatic N) is 2. The van der Waals surface area contributed by atoms with Crippen molar-refractivity contribution in [2.75, 3.05) is 0 Å². The molecule has 0 amide bonds. The van der Waals surface area contributed by atoms with Crippen molar-refractivity contribution in [3.63, 3.8) is 0 Å². The average molecular weight is 636 g/mol. The summed E-state index contributed by atoms with van der Waals surface area (Å²) in [7, 11) is 0. The van der Waals surface area contributed by atoms with E-state index in [0.29, 0.717) is 0 Å². The molecule has 2 fully saturated rings. The van der Waals surface area contributed by atoms with E-state index in [1.165, 1.54) is 74.2 Å². The van der Waals surface area contributed by atoms with E-state index in [4.69, 9.17) is 10.2 Å². The minimum atomic E-state index is -0.514. The maximum absolute atomic E-state index is 10.0. The third kappa shape index (κ3) is 11.1. The van der Waals surface area contributed by atoms with Gasteiger partial charge in [-0.05, 0) is 48.9 Å². The fourth-order valence-electron chi connectivity index (χ4n) is 5.08. The molecular weight excluding hydrogens is 600 g/mol. The number of hydrogen-bond donors (Lipinski definition) is 2. The molecule has 4 aliphatic rings. The summed E-state index contributed by atoms with van der Waals surface area (Å²) in [4.78, 5) is 19.0. The molecule has 2 N–H and O–H groups in total. The molecule has 0 aromatic heterocycles. The van der Waals surface area contributed by atoms with Crippen molar-refractivity contribution in [2.24, 2.45) is 23.7 Å². The molecule has 2 aromatic carbocycles. The Morgan fingerprint density at radius 2 is 1.02 bits per heavy atom. The molecule has 0 aliphatic heterocycles. The maximum Gasteiger partial charge on any atom is 2.00 e. The summed E-state index contributed by atoms with van der Waals surface area (Å²) >= 11 is 0. The summed E-state index contributed by atoms with van der Waals surface area (Å²) in [6.45, 7) is 4.61. The normalized spacial score (nSPS) is 22.4. The van der Waals surface area contributed by atoms with Crippen LogP contribution in [0.2, 0.25) is 0 Å². The van der Waals surface area contributed by atoms with Crippen LogP contribution in [0.25, 0.3) is 0 Å². The molecule has 214 valence electrons. The van der Waals surface area contributed by atoms with Gasteiger partial charge in [0.2, 0.25) is 0 Å². The molecule has 4 unspecified atom stereocenters. The Morgan fingerprint density at radius 3 is 1.32 bits per heavy atom. The zero-order valence-electron chi connectivity index (χ0n) is 23.3. The van der Waals surface area contributed by atoms with Crippen LogP contribution in [0.5, 0.6) is 11.5 Å². The van der Waals surface area contributed by atoms with E-state index >= 15 is 0 Å². The molecule has 2 saturated carbocycles. The first-order valence-electron chi connectivity index (χ1n) is 13.4. The summed E-state index contributed by atoms with van der Waals surface area (Å²) in [5.74, 6) is 3.42. The van der Waals surface area contributed by atoms with Crippen molar-refractivity contribution in [3.8, 4) is 11.5 Å². The number of phenols is 2. The Kier molecular flexibility index (Phi) is 13.6. The van der Waals surface area contributed by atoms with Crippen molar-refractivity contribution in [2.45, 2.75) is 39.5 Å². The number of nitro benzene ring substituents is 2. The van der Waals surface area contributed by atoms with Crippen LogP contribution in [-0.4, -0.2) is 20.1 Å². The molecule has 0 heterocycles. The first kappa shape index (κ1) is 33.6. The molecular formula is C32H36N2O6Zr. The summed E-state index contributed by atoms with van der Waals surface area (Å²) in [6, 6.07) is 10.1. The number of nitro groups is 2. The van der Waals surface area contributed by atoms with Crippen LogP contribution in [0.4, 0.5) is 11.4 Å². The molecule has 4 aliphatic carbocycles. The van der Waals surface area contributed by atoms with E-state index in [2.05, 4.69) is 63.1 Å². The second-order valence-electron chi connectivity index (χ2n) is 10.4. The number of non-ortho nitro benzene ring substituents is 2. The van der Waals surface area contributed by atoms with Gasteiger partial charge < -0.3 is 10.2 Å². The van der Waals surface area contributed by atoms with Gasteiger partial charge in [0.1, 0.15) is 11.5 Å². The molecule has 2 aromatic rings. The minimum absolute atomic E-state index is 0. The number of rotatable bonds is 2. The van der Waals surface area contributed by atoms with Gasteiger partial charge in [-0.2, -0.15) is 0 Å². The number of allylic oxidation sites excluding steroid dienone is 8. The Hall–Kier alpha value is -3.58. The predicted molar refractivity (Wildman–Crippen MR) is 156 cm³/mol. The van der Waals surface area contributed by atoms with Gasteiger partial charge in [-0.1, -0.05) is 38.5 Å². The standard InChI is InChI=1S/2C10H13.2C6H5NO3.Zr/c2*1-8-6-9-4-2-3-5-10(9)7-8;2*8-6-3-1-5(2-4-6)7(9)10;/h2*2-4,6,8,10H,5,7H2,1H3;2*1-4,8H;/q2*-1;;;+2. The predicted octanol–water partition coefficient (Wildman–Crippen LogP) is 8.06. The Labute approximate surface area is 260 Å². The zero-order valence-corrected chi connectivity index (χ0v) is 25.8. The van der Waals surface area contributed by atoms with E-state index in [-0.39, 0.29) is 49.1 Å². The Bertz CT molecular complexity index is 1170. The first-order chi connectivity index (χ1) is 19.1. The van der Waals surface area contributed by atoms with Crippen molar-refractivity contribution in [3.05, 3.63) is 129 Å². The topological polar surface area (TPSA) is 127 Å². The van der Waals surface area contributed by atoms with E-state index in [1.54, 1.807) is 11.1 Å². The van der Waals surface area contributed by atoms with E-state index < -0.39 is 9.85 Å². The number of hydrogen-bond acceptors (Lipinski definition) is 6. The molecule has 8 nitrogen and oxygen atoms in total. The van der Waals surface area contributed by atoms with Crippen LogP contribution in [-0.2, 0) is 26.2 Å². The van der Waals surface area contributed by atoms with Gasteiger partial charge >= 0.3 is 26.2 Å². The van der Waals surface area contributed by atoms with Crippen LogP contribution in [0.1, 0.15) is 39.5 Å². The molecule has 0 spiro atoms. The third-order valence-corrected chi connectivity index (χ3v) is 7.02. The molecule has 0 saturated heterocycles. The molecule has 0 radical (unpaired) electrons. The van der Waals surface area contributed by atoms with Crippen LogP contribution < -0.4 is 0 Å². The second-order valence-corrected chi connectivity index (χ2v) is 10.4. The summed E-state index contributed by atoms with van der Waals surface area (Å²) in [6.07, 6.45) is 23.5. The van der Waals surface area contributed by atoms with E-state index in [1.807, 2.05) is 0 Å². The van der Waals surface area contributed by atoms with Crippen molar-refractivity contribution >= 4 is 11.4 Å². The quantitative estimate of drug-likeness (QED) is 0.195. The second kappa shape index (κ2) is 16.6. The Morgan fingerprint density at radius 1 is 0.683 bits per heavy atom. The number of fused-ring (bicyclic) bond motifs is 2.